The number of hydrogen-bond donors (Lipinski definition) is 1. The third-order valence-electron chi connectivity index (χ3n) is 4.00. The Balaban J connectivity index is 1.75. The number of carbonyl (C=O) groups excluding carboxylic acids is 3. The van der Waals surface area contributed by atoms with Crippen molar-refractivity contribution in [3.05, 3.63) is 29.3 Å². The van der Waals surface area contributed by atoms with E-state index in [1.54, 1.807) is 17.0 Å². The van der Waals surface area contributed by atoms with Crippen LogP contribution in [0.5, 0.6) is 0 Å². The van der Waals surface area contributed by atoms with Gasteiger partial charge in [0.15, 0.2) is 5.78 Å². The second kappa shape index (κ2) is 5.79. The predicted octanol–water partition coefficient (Wildman–Crippen LogP) is 1.67. The first-order chi connectivity index (χ1) is 10.5. The van der Waals surface area contributed by atoms with E-state index in [1.807, 2.05) is 6.07 Å². The fourth-order valence-electron chi connectivity index (χ4n) is 2.90. The van der Waals surface area contributed by atoms with Gasteiger partial charge in [0.05, 0.1) is 13.1 Å². The van der Waals surface area contributed by atoms with Gasteiger partial charge in [-0.05, 0) is 36.6 Å². The Morgan fingerprint density at radius 3 is 2.95 bits per heavy atom. The standard InChI is InChI=1S/C16H18N2O4/c1-10(19)17-8-13-9-18(16(21)22-13)12-5-6-14-11(7-12)3-2-4-15(14)20/h5-7,13H,2-4,8-9H2,1H3,(H,17,19). The summed E-state index contributed by atoms with van der Waals surface area (Å²) in [5.41, 5.74) is 2.49. The van der Waals surface area contributed by atoms with Crippen LogP contribution in [0.15, 0.2) is 18.2 Å². The zero-order valence-electron chi connectivity index (χ0n) is 12.4. The molecule has 1 aromatic rings. The van der Waals surface area contributed by atoms with Gasteiger partial charge in [-0.1, -0.05) is 0 Å². The highest BCUT2D eigenvalue weighted by Crippen LogP contribution is 2.28. The molecule has 116 valence electrons. The molecule has 1 aliphatic heterocycles. The lowest BCUT2D eigenvalue weighted by Gasteiger charge is -2.19. The van der Waals surface area contributed by atoms with Crippen LogP contribution in [-0.4, -0.2) is 37.0 Å². The molecule has 1 heterocycles. The minimum absolute atomic E-state index is 0.151. The Bertz CT molecular complexity index is 641. The Labute approximate surface area is 128 Å². The van der Waals surface area contributed by atoms with Crippen LogP contribution in [0.3, 0.4) is 0 Å². The van der Waals surface area contributed by atoms with Crippen molar-refractivity contribution in [1.29, 1.82) is 0 Å². The van der Waals surface area contributed by atoms with Crippen molar-refractivity contribution in [2.75, 3.05) is 18.0 Å². The summed E-state index contributed by atoms with van der Waals surface area (Å²) in [5, 5.41) is 2.65. The molecule has 1 fully saturated rings. The maximum atomic E-state index is 12.0. The van der Waals surface area contributed by atoms with Crippen LogP contribution in [0.4, 0.5) is 10.5 Å². The van der Waals surface area contributed by atoms with Gasteiger partial charge in [-0.2, -0.15) is 0 Å². The highest BCUT2D eigenvalue weighted by Gasteiger charge is 2.33. The number of hydrogen-bond acceptors (Lipinski definition) is 4. The molecule has 0 aromatic heterocycles. The molecule has 2 amide bonds. The number of fused-ring (bicyclic) bond motifs is 1. The van der Waals surface area contributed by atoms with Gasteiger partial charge < -0.3 is 10.1 Å². The number of nitrogens with one attached hydrogen (secondary N) is 1. The highest BCUT2D eigenvalue weighted by atomic mass is 16.6. The van der Waals surface area contributed by atoms with E-state index >= 15 is 0 Å². The molecule has 0 saturated carbocycles. The first-order valence-electron chi connectivity index (χ1n) is 7.43. The number of ketones is 1. The van der Waals surface area contributed by atoms with Crippen LogP contribution in [0.25, 0.3) is 0 Å². The number of cyclic esters (lactones) is 1. The van der Waals surface area contributed by atoms with Crippen molar-refractivity contribution in [3.8, 4) is 0 Å². The maximum absolute atomic E-state index is 12.0. The van der Waals surface area contributed by atoms with E-state index in [9.17, 15) is 14.4 Å². The molecule has 0 spiro atoms. The SMILES string of the molecule is CC(=O)NCC1CN(c2ccc3c(c2)CCCC3=O)C(=O)O1. The van der Waals surface area contributed by atoms with Gasteiger partial charge >= 0.3 is 6.09 Å². The van der Waals surface area contributed by atoms with Crippen LogP contribution in [0.1, 0.15) is 35.7 Å². The number of carbonyl (C=O) groups is 3. The number of amides is 2. The molecule has 1 aliphatic carbocycles. The zero-order chi connectivity index (χ0) is 15.7. The second-order valence-electron chi connectivity index (χ2n) is 5.67. The van der Waals surface area contributed by atoms with Gasteiger partial charge in [0.25, 0.3) is 0 Å². The summed E-state index contributed by atoms with van der Waals surface area (Å²) in [7, 11) is 0. The van der Waals surface area contributed by atoms with Crippen molar-refractivity contribution < 1.29 is 19.1 Å². The average Bonchev–Trinajstić information content (AvgIpc) is 2.86. The van der Waals surface area contributed by atoms with Crippen molar-refractivity contribution in [2.24, 2.45) is 0 Å². The first-order valence-corrected chi connectivity index (χ1v) is 7.43. The number of benzene rings is 1. The number of anilines is 1. The van der Waals surface area contributed by atoms with Gasteiger partial charge in [0, 0.05) is 24.6 Å². The van der Waals surface area contributed by atoms with Crippen molar-refractivity contribution in [2.45, 2.75) is 32.3 Å². The quantitative estimate of drug-likeness (QED) is 0.921. The van der Waals surface area contributed by atoms with Crippen LogP contribution >= 0.6 is 0 Å². The molecular formula is C16H18N2O4. The molecule has 6 heteroatoms. The van der Waals surface area contributed by atoms with E-state index in [2.05, 4.69) is 5.32 Å². The number of rotatable bonds is 3. The van der Waals surface area contributed by atoms with Gasteiger partial charge in [-0.3, -0.25) is 14.5 Å². The molecule has 0 radical (unpaired) electrons. The Hall–Kier alpha value is -2.37. The largest absolute Gasteiger partial charge is 0.442 e. The van der Waals surface area contributed by atoms with Crippen molar-refractivity contribution >= 4 is 23.5 Å². The Morgan fingerprint density at radius 1 is 1.36 bits per heavy atom. The Kier molecular flexibility index (Phi) is 3.83. The molecule has 0 bridgehead atoms. The average molecular weight is 302 g/mol. The minimum Gasteiger partial charge on any atom is -0.442 e. The van der Waals surface area contributed by atoms with Crippen LogP contribution in [0.2, 0.25) is 0 Å². The van der Waals surface area contributed by atoms with E-state index in [4.69, 9.17) is 4.74 Å². The lowest BCUT2D eigenvalue weighted by molar-refractivity contribution is -0.119. The molecular weight excluding hydrogens is 284 g/mol. The predicted molar refractivity (Wildman–Crippen MR) is 80.0 cm³/mol. The van der Waals surface area contributed by atoms with Gasteiger partial charge in [-0.15, -0.1) is 0 Å². The minimum atomic E-state index is -0.419. The van der Waals surface area contributed by atoms with E-state index in [1.165, 1.54) is 6.92 Å². The number of aryl methyl sites for hydroxylation is 1. The van der Waals surface area contributed by atoms with Gasteiger partial charge in [0.1, 0.15) is 6.10 Å². The fourth-order valence-corrected chi connectivity index (χ4v) is 2.90. The fraction of sp³-hybridized carbons (Fsp3) is 0.438. The molecule has 6 nitrogen and oxygen atoms in total. The lowest BCUT2D eigenvalue weighted by atomic mass is 9.90. The smallest absolute Gasteiger partial charge is 0.414 e. The lowest BCUT2D eigenvalue weighted by Crippen LogP contribution is -2.33. The molecule has 22 heavy (non-hydrogen) atoms. The molecule has 1 unspecified atom stereocenters. The normalized spacial score (nSPS) is 20.6. The van der Waals surface area contributed by atoms with Crippen LogP contribution < -0.4 is 10.2 Å². The van der Waals surface area contributed by atoms with E-state index in [0.717, 1.165) is 29.7 Å². The monoisotopic (exact) mass is 302 g/mol. The summed E-state index contributed by atoms with van der Waals surface area (Å²) >= 11 is 0. The highest BCUT2D eigenvalue weighted by molar-refractivity contribution is 5.99. The van der Waals surface area contributed by atoms with Gasteiger partial charge in [-0.25, -0.2) is 4.79 Å². The molecule has 1 N–H and O–H groups in total. The van der Waals surface area contributed by atoms with Crippen molar-refractivity contribution in [3.63, 3.8) is 0 Å². The summed E-state index contributed by atoms with van der Waals surface area (Å²) in [6, 6.07) is 5.47. The summed E-state index contributed by atoms with van der Waals surface area (Å²) in [5.74, 6) is 0.0159. The number of ether oxygens (including phenoxy) is 1. The molecule has 2 aliphatic rings. The first kappa shape index (κ1) is 14.6. The van der Waals surface area contributed by atoms with Gasteiger partial charge in [0.2, 0.25) is 5.91 Å². The maximum Gasteiger partial charge on any atom is 0.414 e. The summed E-state index contributed by atoms with van der Waals surface area (Å²) in [6.45, 7) is 2.13. The summed E-state index contributed by atoms with van der Waals surface area (Å²) in [4.78, 5) is 36.3. The van der Waals surface area contributed by atoms with Crippen molar-refractivity contribution in [1.82, 2.24) is 5.32 Å². The molecule has 1 saturated heterocycles. The van der Waals surface area contributed by atoms with E-state index in [-0.39, 0.29) is 17.8 Å². The van der Waals surface area contributed by atoms with E-state index < -0.39 is 6.09 Å². The molecule has 1 atom stereocenters. The molecule has 1 aromatic carbocycles. The number of nitrogens with zero attached hydrogens (tertiary/aromatic N) is 1. The Morgan fingerprint density at radius 2 is 2.18 bits per heavy atom. The zero-order valence-corrected chi connectivity index (χ0v) is 12.4. The third kappa shape index (κ3) is 2.81. The van der Waals surface area contributed by atoms with Crippen LogP contribution in [0, 0.1) is 0 Å². The summed E-state index contributed by atoms with van der Waals surface area (Å²) < 4.78 is 5.25. The number of Topliss-reactive ketones (excluding diaryl/α,β-unsaturated/α-hetero) is 1. The second-order valence-corrected chi connectivity index (χ2v) is 5.67. The molecule has 3 rings (SSSR count). The topological polar surface area (TPSA) is 75.7 Å². The van der Waals surface area contributed by atoms with Crippen LogP contribution in [-0.2, 0) is 16.0 Å². The van der Waals surface area contributed by atoms with E-state index in [0.29, 0.717) is 19.5 Å². The third-order valence-corrected chi connectivity index (χ3v) is 4.00. The summed E-state index contributed by atoms with van der Waals surface area (Å²) in [6.07, 6.45) is 1.53.